The highest BCUT2D eigenvalue weighted by Crippen LogP contribution is 2.39. The summed E-state index contributed by atoms with van der Waals surface area (Å²) in [6.45, 7) is 0.157. The molecule has 8 atom stereocenters. The van der Waals surface area contributed by atoms with Gasteiger partial charge in [-0.1, -0.05) is 39.0 Å². The first-order chi connectivity index (χ1) is 18.1. The molecule has 0 aliphatic carbocycles. The maximum absolute atomic E-state index is 12.3. The maximum atomic E-state index is 12.3. The van der Waals surface area contributed by atoms with E-state index in [1.165, 1.54) is 25.5 Å². The van der Waals surface area contributed by atoms with Gasteiger partial charge in [-0.25, -0.2) is 4.79 Å². The largest absolute Gasteiger partial charge is 0.505 e. The normalized spacial score (nSPS) is 31.5. The molecule has 220 valence electrons. The number of esters is 1. The molecule has 2 heterocycles. The SMILES string of the molecule is CCCCCCCCC=COC[C@H]1OC(CC(O)CO)(OC2=C(O)[C@@H]([C@@H](O)CO)OC2=O)[C@H](O)[C@@H](O)[C@@H]1O. The number of rotatable bonds is 17. The number of ether oxygens (including phenoxy) is 4. The molecular formula is C25H42O13. The van der Waals surface area contributed by atoms with E-state index in [1.807, 2.05) is 0 Å². The second-order valence-electron chi connectivity index (χ2n) is 9.59. The predicted molar refractivity (Wildman–Crippen MR) is 130 cm³/mol. The molecule has 0 bridgehead atoms. The summed E-state index contributed by atoms with van der Waals surface area (Å²) in [7, 11) is 0. The molecule has 0 spiro atoms. The van der Waals surface area contributed by atoms with Crippen LogP contribution >= 0.6 is 0 Å². The average Bonchev–Trinajstić information content (AvgIpc) is 3.18. The molecule has 0 aromatic heterocycles. The minimum Gasteiger partial charge on any atom is -0.505 e. The van der Waals surface area contributed by atoms with Gasteiger partial charge < -0.3 is 59.8 Å². The second-order valence-corrected chi connectivity index (χ2v) is 9.59. The Morgan fingerprint density at radius 3 is 2.37 bits per heavy atom. The Hall–Kier alpha value is -1.97. The van der Waals surface area contributed by atoms with E-state index < -0.39 is 85.6 Å². The average molecular weight is 551 g/mol. The summed E-state index contributed by atoms with van der Waals surface area (Å²) in [5.41, 5.74) is 0. The highest BCUT2D eigenvalue weighted by atomic mass is 16.7. The number of unbranched alkanes of at least 4 members (excludes halogenated alkanes) is 6. The first kappa shape index (κ1) is 32.2. The van der Waals surface area contributed by atoms with E-state index in [2.05, 4.69) is 6.92 Å². The number of aliphatic hydroxyl groups is 8. The van der Waals surface area contributed by atoms with Gasteiger partial charge in [-0.2, -0.15) is 0 Å². The van der Waals surface area contributed by atoms with Crippen molar-refractivity contribution in [3.63, 3.8) is 0 Å². The van der Waals surface area contributed by atoms with Gasteiger partial charge in [0.25, 0.3) is 0 Å². The number of aliphatic hydroxyl groups excluding tert-OH is 8. The Kier molecular flexibility index (Phi) is 13.2. The Labute approximate surface area is 221 Å². The fraction of sp³-hybridized carbons (Fsp3) is 0.800. The topological polar surface area (TPSA) is 216 Å². The fourth-order valence-corrected chi connectivity index (χ4v) is 4.29. The molecule has 2 rings (SSSR count). The molecule has 0 saturated carbocycles. The summed E-state index contributed by atoms with van der Waals surface area (Å²) in [6, 6.07) is 0. The highest BCUT2D eigenvalue weighted by molar-refractivity contribution is 5.89. The van der Waals surface area contributed by atoms with E-state index in [0.717, 1.165) is 25.7 Å². The summed E-state index contributed by atoms with van der Waals surface area (Å²) in [5.74, 6) is -5.57. The smallest absolute Gasteiger partial charge is 0.378 e. The Bertz CT molecular complexity index is 787. The minimum atomic E-state index is -2.46. The van der Waals surface area contributed by atoms with Crippen molar-refractivity contribution in [2.45, 2.75) is 107 Å². The van der Waals surface area contributed by atoms with Gasteiger partial charge in [0.05, 0.1) is 25.6 Å². The first-order valence-electron chi connectivity index (χ1n) is 13.0. The van der Waals surface area contributed by atoms with Crippen molar-refractivity contribution >= 4 is 5.97 Å². The summed E-state index contributed by atoms with van der Waals surface area (Å²) in [4.78, 5) is 12.3. The molecule has 38 heavy (non-hydrogen) atoms. The molecule has 0 radical (unpaired) electrons. The van der Waals surface area contributed by atoms with Gasteiger partial charge in [0, 0.05) is 6.42 Å². The van der Waals surface area contributed by atoms with Gasteiger partial charge in [-0.3, -0.25) is 0 Å². The van der Waals surface area contributed by atoms with Crippen LogP contribution in [0.4, 0.5) is 0 Å². The number of hydrogen-bond donors (Lipinski definition) is 8. The quantitative estimate of drug-likeness (QED) is 0.0636. The van der Waals surface area contributed by atoms with E-state index in [4.69, 9.17) is 24.1 Å². The molecule has 2 aliphatic heterocycles. The molecule has 8 N–H and O–H groups in total. The Morgan fingerprint density at radius 1 is 1.03 bits per heavy atom. The van der Waals surface area contributed by atoms with Crippen LogP contribution in [0.3, 0.4) is 0 Å². The van der Waals surface area contributed by atoms with E-state index in [9.17, 15) is 40.5 Å². The molecular weight excluding hydrogens is 508 g/mol. The van der Waals surface area contributed by atoms with Gasteiger partial charge in [-0.05, 0) is 18.9 Å². The van der Waals surface area contributed by atoms with Crippen LogP contribution < -0.4 is 0 Å². The molecule has 0 amide bonds. The van der Waals surface area contributed by atoms with Crippen LogP contribution in [-0.2, 0) is 23.7 Å². The zero-order valence-corrected chi connectivity index (χ0v) is 21.6. The summed E-state index contributed by atoms with van der Waals surface area (Å²) in [6.07, 6.45) is -1.84. The molecule has 1 saturated heterocycles. The second kappa shape index (κ2) is 15.6. The van der Waals surface area contributed by atoms with E-state index in [1.54, 1.807) is 6.08 Å². The van der Waals surface area contributed by atoms with E-state index in [-0.39, 0.29) is 6.61 Å². The van der Waals surface area contributed by atoms with Crippen LogP contribution in [0.5, 0.6) is 0 Å². The van der Waals surface area contributed by atoms with Crippen molar-refractivity contribution < 1.29 is 64.6 Å². The zero-order valence-electron chi connectivity index (χ0n) is 21.6. The monoisotopic (exact) mass is 550 g/mol. The van der Waals surface area contributed by atoms with Crippen molar-refractivity contribution in [1.29, 1.82) is 0 Å². The third-order valence-electron chi connectivity index (χ3n) is 6.50. The lowest BCUT2D eigenvalue weighted by molar-refractivity contribution is -0.360. The molecule has 2 aliphatic rings. The summed E-state index contributed by atoms with van der Waals surface area (Å²) < 4.78 is 21.5. The van der Waals surface area contributed by atoms with Gasteiger partial charge in [-0.15, -0.1) is 0 Å². The van der Waals surface area contributed by atoms with Crippen LogP contribution in [-0.4, -0.2) is 115 Å². The first-order valence-corrected chi connectivity index (χ1v) is 13.0. The molecule has 0 aromatic carbocycles. The van der Waals surface area contributed by atoms with Crippen LogP contribution in [0.25, 0.3) is 0 Å². The van der Waals surface area contributed by atoms with Crippen LogP contribution in [0, 0.1) is 0 Å². The van der Waals surface area contributed by atoms with Crippen LogP contribution in [0.1, 0.15) is 58.3 Å². The molecule has 13 heteroatoms. The lowest BCUT2D eigenvalue weighted by atomic mass is 9.89. The van der Waals surface area contributed by atoms with Gasteiger partial charge in [0.15, 0.2) is 11.9 Å². The van der Waals surface area contributed by atoms with Crippen molar-refractivity contribution in [3.05, 3.63) is 23.9 Å². The number of cyclic esters (lactones) is 1. The Morgan fingerprint density at radius 2 is 1.71 bits per heavy atom. The zero-order chi connectivity index (χ0) is 28.3. The molecule has 1 fully saturated rings. The highest BCUT2D eigenvalue weighted by Gasteiger charge is 2.58. The van der Waals surface area contributed by atoms with Crippen molar-refractivity contribution in [2.24, 2.45) is 0 Å². The van der Waals surface area contributed by atoms with Gasteiger partial charge in [0.2, 0.25) is 11.5 Å². The molecule has 13 nitrogen and oxygen atoms in total. The minimum absolute atomic E-state index is 0.320. The van der Waals surface area contributed by atoms with Crippen LogP contribution in [0.15, 0.2) is 23.9 Å². The van der Waals surface area contributed by atoms with Crippen LogP contribution in [0.2, 0.25) is 0 Å². The van der Waals surface area contributed by atoms with Crippen molar-refractivity contribution in [2.75, 3.05) is 19.8 Å². The summed E-state index contributed by atoms with van der Waals surface area (Å²) >= 11 is 0. The molecule has 0 aromatic rings. The third kappa shape index (κ3) is 8.26. The number of carbonyl (C=O) groups excluding carboxylic acids is 1. The van der Waals surface area contributed by atoms with Gasteiger partial charge >= 0.3 is 5.97 Å². The van der Waals surface area contributed by atoms with E-state index in [0.29, 0.717) is 0 Å². The standard InChI is InChI=1S/C25H42O13/c1-2-3-4-5-6-7-8-9-10-35-14-17-18(30)19(31)23(33)25(37-17,11-15(28)12-26)38-22-20(32)21(16(29)13-27)36-24(22)34/h9-10,15-19,21,23,26-33H,2-8,11-14H2,1H3/t15?,16-,17+,18+,19-,21+,23+,25?/m0/s1. The molecule has 2 unspecified atom stereocenters. The number of hydrogen-bond acceptors (Lipinski definition) is 13. The fourth-order valence-electron chi connectivity index (χ4n) is 4.29. The van der Waals surface area contributed by atoms with Crippen molar-refractivity contribution in [3.8, 4) is 0 Å². The van der Waals surface area contributed by atoms with Crippen molar-refractivity contribution in [1.82, 2.24) is 0 Å². The van der Waals surface area contributed by atoms with E-state index >= 15 is 0 Å². The lowest BCUT2D eigenvalue weighted by Gasteiger charge is -2.48. The maximum Gasteiger partial charge on any atom is 0.378 e. The summed E-state index contributed by atoms with van der Waals surface area (Å²) in [5, 5.41) is 80.5. The lowest BCUT2D eigenvalue weighted by Crippen LogP contribution is -2.67. The van der Waals surface area contributed by atoms with Gasteiger partial charge in [0.1, 0.15) is 37.1 Å². The predicted octanol–water partition coefficient (Wildman–Crippen LogP) is -0.747. The third-order valence-corrected chi connectivity index (χ3v) is 6.50. The number of allylic oxidation sites excluding steroid dienone is 1. The Balaban J connectivity index is 2.14. The number of carbonyl (C=O) groups is 1.